The molecule has 0 spiro atoms. The normalized spacial score (nSPS) is 11.1. The van der Waals surface area contributed by atoms with Crippen LogP contribution < -0.4 is 0 Å². The lowest BCUT2D eigenvalue weighted by molar-refractivity contribution is 0.625. The Morgan fingerprint density at radius 2 is 2.38 bits per heavy atom. The van der Waals surface area contributed by atoms with E-state index in [0.29, 0.717) is 9.79 Å². The summed E-state index contributed by atoms with van der Waals surface area (Å²) in [6.07, 6.45) is 2.68. The molecule has 0 aliphatic rings. The maximum Gasteiger partial charge on any atom is 0.216 e. The third-order valence-electron chi connectivity index (χ3n) is 1.85. The first-order chi connectivity index (χ1) is 7.68. The van der Waals surface area contributed by atoms with Gasteiger partial charge in [-0.1, -0.05) is 17.7 Å². The zero-order valence-corrected chi connectivity index (χ0v) is 9.46. The molecule has 0 saturated heterocycles. The molecule has 0 unspecified atom stereocenters. The lowest BCUT2D eigenvalue weighted by Gasteiger charge is -1.98. The van der Waals surface area contributed by atoms with Crippen LogP contribution in [0.2, 0.25) is 5.02 Å². The van der Waals surface area contributed by atoms with Gasteiger partial charge in [0.2, 0.25) is 4.77 Å². The van der Waals surface area contributed by atoms with Crippen molar-refractivity contribution in [2.24, 2.45) is 5.10 Å². The van der Waals surface area contributed by atoms with E-state index in [2.05, 4.69) is 15.3 Å². The Kier molecular flexibility index (Phi) is 3.12. The SMILES string of the molecule is Fc1cccc(Cl)c1/C=N/n1cn[nH]c1=S. The summed E-state index contributed by atoms with van der Waals surface area (Å²) in [7, 11) is 0. The van der Waals surface area contributed by atoms with Crippen molar-refractivity contribution < 1.29 is 4.39 Å². The minimum Gasteiger partial charge on any atom is -0.250 e. The predicted octanol–water partition coefficient (Wildman–Crippen LogP) is 2.62. The van der Waals surface area contributed by atoms with Crippen molar-refractivity contribution in [1.82, 2.24) is 14.9 Å². The average molecular weight is 257 g/mol. The van der Waals surface area contributed by atoms with Gasteiger partial charge in [0.25, 0.3) is 0 Å². The summed E-state index contributed by atoms with van der Waals surface area (Å²) in [6, 6.07) is 4.42. The number of H-pyrrole nitrogens is 1. The van der Waals surface area contributed by atoms with Crippen molar-refractivity contribution in [2.45, 2.75) is 0 Å². The highest BCUT2D eigenvalue weighted by molar-refractivity contribution is 7.71. The van der Waals surface area contributed by atoms with Crippen molar-refractivity contribution in [2.75, 3.05) is 0 Å². The van der Waals surface area contributed by atoms with Gasteiger partial charge in [0.1, 0.15) is 12.1 Å². The largest absolute Gasteiger partial charge is 0.250 e. The van der Waals surface area contributed by atoms with E-state index < -0.39 is 5.82 Å². The molecule has 1 aromatic carbocycles. The fourth-order valence-corrected chi connectivity index (χ4v) is 1.44. The molecule has 4 nitrogen and oxygen atoms in total. The highest BCUT2D eigenvalue weighted by Gasteiger charge is 2.03. The van der Waals surface area contributed by atoms with E-state index in [9.17, 15) is 4.39 Å². The number of hydrogen-bond donors (Lipinski definition) is 1. The average Bonchev–Trinajstić information content (AvgIpc) is 2.64. The summed E-state index contributed by atoms with van der Waals surface area (Å²) in [5, 5.41) is 10.4. The molecule has 0 amide bonds. The van der Waals surface area contributed by atoms with Crippen LogP contribution in [0.3, 0.4) is 0 Å². The quantitative estimate of drug-likeness (QED) is 0.663. The number of benzene rings is 1. The molecule has 82 valence electrons. The first-order valence-electron chi connectivity index (χ1n) is 4.29. The van der Waals surface area contributed by atoms with Gasteiger partial charge in [-0.3, -0.25) is 5.10 Å². The number of aromatic nitrogens is 3. The van der Waals surface area contributed by atoms with Crippen LogP contribution in [0, 0.1) is 10.6 Å². The van der Waals surface area contributed by atoms with Crippen molar-refractivity contribution in [3.05, 3.63) is 45.7 Å². The Hall–Kier alpha value is -1.53. The lowest BCUT2D eigenvalue weighted by atomic mass is 10.2. The molecule has 0 bridgehead atoms. The summed E-state index contributed by atoms with van der Waals surface area (Å²) in [5.74, 6) is -0.439. The molecule has 2 aromatic rings. The van der Waals surface area contributed by atoms with Gasteiger partial charge in [-0.25, -0.2) is 4.39 Å². The zero-order valence-electron chi connectivity index (χ0n) is 7.89. The fraction of sp³-hybridized carbons (Fsp3) is 0. The van der Waals surface area contributed by atoms with Gasteiger partial charge >= 0.3 is 0 Å². The fourth-order valence-electron chi connectivity index (χ4n) is 1.08. The molecule has 1 N–H and O–H groups in total. The van der Waals surface area contributed by atoms with Gasteiger partial charge in [-0.2, -0.15) is 14.9 Å². The minimum atomic E-state index is -0.439. The molecule has 0 radical (unpaired) electrons. The van der Waals surface area contributed by atoms with Crippen LogP contribution in [0.15, 0.2) is 29.6 Å². The van der Waals surface area contributed by atoms with E-state index in [-0.39, 0.29) is 5.56 Å². The van der Waals surface area contributed by atoms with Crippen molar-refractivity contribution >= 4 is 30.0 Å². The van der Waals surface area contributed by atoms with E-state index in [1.807, 2.05) is 0 Å². The summed E-state index contributed by atoms with van der Waals surface area (Å²) < 4.78 is 15.0. The molecular formula is C9H6ClFN4S. The van der Waals surface area contributed by atoms with E-state index >= 15 is 0 Å². The monoisotopic (exact) mass is 256 g/mol. The molecule has 0 aliphatic carbocycles. The third kappa shape index (κ3) is 2.17. The van der Waals surface area contributed by atoms with Crippen LogP contribution in [0.4, 0.5) is 4.39 Å². The molecule has 0 fully saturated rings. The van der Waals surface area contributed by atoms with Crippen LogP contribution >= 0.6 is 23.8 Å². The first-order valence-corrected chi connectivity index (χ1v) is 5.07. The standard InChI is InChI=1S/C9H6ClFN4S/c10-7-2-1-3-8(11)6(7)4-13-15-5-12-14-9(15)16/h1-5H,(H,14,16)/b13-4+. The Morgan fingerprint density at radius 1 is 1.56 bits per heavy atom. The minimum absolute atomic E-state index is 0.215. The van der Waals surface area contributed by atoms with Crippen LogP contribution in [0.25, 0.3) is 0 Å². The second-order valence-corrected chi connectivity index (χ2v) is 3.68. The Bertz CT molecular complexity index is 569. The summed E-state index contributed by atoms with van der Waals surface area (Å²) in [5.41, 5.74) is 0.215. The summed E-state index contributed by atoms with van der Waals surface area (Å²) in [4.78, 5) is 0. The van der Waals surface area contributed by atoms with E-state index in [1.54, 1.807) is 6.07 Å². The van der Waals surface area contributed by atoms with Gasteiger partial charge in [-0.15, -0.1) is 0 Å². The third-order valence-corrected chi connectivity index (χ3v) is 2.45. The molecule has 0 aliphatic heterocycles. The smallest absolute Gasteiger partial charge is 0.216 e. The topological polar surface area (TPSA) is 46.0 Å². The molecule has 2 rings (SSSR count). The number of hydrogen-bond acceptors (Lipinski definition) is 3. The highest BCUT2D eigenvalue weighted by Crippen LogP contribution is 2.16. The molecule has 7 heteroatoms. The lowest BCUT2D eigenvalue weighted by Crippen LogP contribution is -1.93. The van der Waals surface area contributed by atoms with Gasteiger partial charge in [-0.05, 0) is 24.4 Å². The van der Waals surface area contributed by atoms with Crippen LogP contribution in [-0.4, -0.2) is 21.1 Å². The van der Waals surface area contributed by atoms with Gasteiger partial charge in [0, 0.05) is 5.56 Å². The number of nitrogens with one attached hydrogen (secondary N) is 1. The van der Waals surface area contributed by atoms with Crippen LogP contribution in [-0.2, 0) is 0 Å². The number of rotatable bonds is 2. The van der Waals surface area contributed by atoms with E-state index in [1.165, 1.54) is 29.4 Å². The maximum absolute atomic E-state index is 13.3. The number of nitrogens with zero attached hydrogens (tertiary/aromatic N) is 3. The van der Waals surface area contributed by atoms with Crippen molar-refractivity contribution in [3.63, 3.8) is 0 Å². The predicted molar refractivity (Wildman–Crippen MR) is 61.8 cm³/mol. The second-order valence-electron chi connectivity index (χ2n) is 2.89. The van der Waals surface area contributed by atoms with Crippen LogP contribution in [0.5, 0.6) is 0 Å². The van der Waals surface area contributed by atoms with Gasteiger partial charge in [0.05, 0.1) is 11.2 Å². The zero-order chi connectivity index (χ0) is 11.5. The van der Waals surface area contributed by atoms with Gasteiger partial charge in [0.15, 0.2) is 0 Å². The van der Waals surface area contributed by atoms with Crippen molar-refractivity contribution in [1.29, 1.82) is 0 Å². The molecule has 1 aromatic heterocycles. The first kappa shape index (κ1) is 11.0. The summed E-state index contributed by atoms with van der Waals surface area (Å²) in [6.45, 7) is 0. The summed E-state index contributed by atoms with van der Waals surface area (Å²) >= 11 is 10.7. The Morgan fingerprint density at radius 3 is 3.00 bits per heavy atom. The number of halogens is 2. The molecule has 1 heterocycles. The Balaban J connectivity index is 2.38. The molecule has 0 saturated carbocycles. The van der Waals surface area contributed by atoms with E-state index in [0.717, 1.165) is 0 Å². The maximum atomic E-state index is 13.3. The van der Waals surface area contributed by atoms with Gasteiger partial charge < -0.3 is 0 Å². The molecule has 16 heavy (non-hydrogen) atoms. The molecular weight excluding hydrogens is 251 g/mol. The number of aromatic amines is 1. The van der Waals surface area contributed by atoms with E-state index in [4.69, 9.17) is 23.8 Å². The van der Waals surface area contributed by atoms with Crippen molar-refractivity contribution in [3.8, 4) is 0 Å². The Labute approximate surface area is 100 Å². The highest BCUT2D eigenvalue weighted by atomic mass is 35.5. The second kappa shape index (κ2) is 4.54. The van der Waals surface area contributed by atoms with Crippen LogP contribution in [0.1, 0.15) is 5.56 Å². The molecule has 0 atom stereocenters.